The summed E-state index contributed by atoms with van der Waals surface area (Å²) < 4.78 is 0. The molecule has 1 N–H and O–H groups in total. The molecule has 0 amide bonds. The molecule has 96 valence electrons. The number of rotatable bonds is 3. The van der Waals surface area contributed by atoms with E-state index in [2.05, 4.69) is 30.4 Å². The predicted molar refractivity (Wildman–Crippen MR) is 81.3 cm³/mol. The highest BCUT2D eigenvalue weighted by Gasteiger charge is 1.97. The average Bonchev–Trinajstić information content (AvgIpc) is 2.39. The molecular formula is C16H20ClN. The van der Waals surface area contributed by atoms with Gasteiger partial charge in [0, 0.05) is 17.3 Å². The summed E-state index contributed by atoms with van der Waals surface area (Å²) in [6.45, 7) is 6.85. The second-order valence-corrected chi connectivity index (χ2v) is 4.29. The Morgan fingerprint density at radius 1 is 1.00 bits per heavy atom. The van der Waals surface area contributed by atoms with E-state index in [9.17, 15) is 0 Å². The van der Waals surface area contributed by atoms with Crippen LogP contribution >= 0.6 is 11.6 Å². The van der Waals surface area contributed by atoms with Gasteiger partial charge in [-0.05, 0) is 42.3 Å². The van der Waals surface area contributed by atoms with Gasteiger partial charge in [-0.1, -0.05) is 49.7 Å². The summed E-state index contributed by atoms with van der Waals surface area (Å²) in [6, 6.07) is 16.3. The van der Waals surface area contributed by atoms with Gasteiger partial charge in [0.05, 0.1) is 0 Å². The monoisotopic (exact) mass is 261 g/mol. The number of halogens is 1. The van der Waals surface area contributed by atoms with E-state index in [-0.39, 0.29) is 0 Å². The van der Waals surface area contributed by atoms with Crippen molar-refractivity contribution in [3.8, 4) is 0 Å². The van der Waals surface area contributed by atoms with Crippen LogP contribution in [0, 0.1) is 6.92 Å². The molecule has 1 nitrogen and oxygen atoms in total. The second-order valence-electron chi connectivity index (χ2n) is 3.86. The van der Waals surface area contributed by atoms with Crippen LogP contribution in [0.2, 0.25) is 5.02 Å². The summed E-state index contributed by atoms with van der Waals surface area (Å²) >= 11 is 6.00. The first kappa shape index (κ1) is 14.6. The first-order chi connectivity index (χ1) is 8.74. The molecule has 0 atom stereocenters. The minimum Gasteiger partial charge on any atom is -0.381 e. The average molecular weight is 262 g/mol. The maximum absolute atomic E-state index is 6.00. The van der Waals surface area contributed by atoms with E-state index in [1.165, 1.54) is 11.1 Å². The lowest BCUT2D eigenvalue weighted by molar-refractivity contribution is 1.14. The van der Waals surface area contributed by atoms with Crippen molar-refractivity contribution in [2.75, 3.05) is 5.32 Å². The third-order valence-electron chi connectivity index (χ3n) is 2.37. The highest BCUT2D eigenvalue weighted by molar-refractivity contribution is 6.30. The highest BCUT2D eigenvalue weighted by atomic mass is 35.5. The lowest BCUT2D eigenvalue weighted by Crippen LogP contribution is -1.99. The van der Waals surface area contributed by atoms with Crippen LogP contribution in [0.3, 0.4) is 0 Å². The standard InChI is InChI=1S/C14H14ClN.C2H6/c1-11-7-12(9-13(15)8-11)10-16-14-5-3-2-4-6-14;1-2/h2-9,16H,10H2,1H3;1-2H3. The third kappa shape index (κ3) is 4.80. The van der Waals surface area contributed by atoms with Crippen LogP contribution in [0.1, 0.15) is 25.0 Å². The zero-order valence-electron chi connectivity index (χ0n) is 11.2. The fourth-order valence-corrected chi connectivity index (χ4v) is 1.99. The van der Waals surface area contributed by atoms with Crippen molar-refractivity contribution in [3.05, 3.63) is 64.7 Å². The molecule has 2 rings (SSSR count). The fourth-order valence-electron chi connectivity index (χ4n) is 1.67. The molecule has 0 aliphatic heterocycles. The lowest BCUT2D eigenvalue weighted by Gasteiger charge is -2.07. The van der Waals surface area contributed by atoms with E-state index in [4.69, 9.17) is 11.6 Å². The largest absolute Gasteiger partial charge is 0.381 e. The quantitative estimate of drug-likeness (QED) is 0.792. The first-order valence-electron chi connectivity index (χ1n) is 6.29. The summed E-state index contributed by atoms with van der Waals surface area (Å²) in [5.41, 5.74) is 3.52. The molecular weight excluding hydrogens is 242 g/mol. The molecule has 2 aromatic carbocycles. The third-order valence-corrected chi connectivity index (χ3v) is 2.59. The fraction of sp³-hybridized carbons (Fsp3) is 0.250. The Kier molecular flexibility index (Phi) is 6.31. The van der Waals surface area contributed by atoms with E-state index >= 15 is 0 Å². The topological polar surface area (TPSA) is 12.0 Å². The highest BCUT2D eigenvalue weighted by Crippen LogP contribution is 2.16. The number of aryl methyl sites for hydroxylation is 1. The summed E-state index contributed by atoms with van der Waals surface area (Å²) in [4.78, 5) is 0. The molecule has 0 aliphatic rings. The zero-order valence-corrected chi connectivity index (χ0v) is 12.0. The van der Waals surface area contributed by atoms with Crippen molar-refractivity contribution >= 4 is 17.3 Å². The van der Waals surface area contributed by atoms with Gasteiger partial charge in [-0.15, -0.1) is 0 Å². The zero-order chi connectivity index (χ0) is 13.4. The molecule has 0 aromatic heterocycles. The maximum atomic E-state index is 6.00. The molecule has 0 aliphatic carbocycles. The summed E-state index contributed by atoms with van der Waals surface area (Å²) in [5, 5.41) is 4.15. The Bertz CT molecular complexity index is 446. The van der Waals surface area contributed by atoms with Gasteiger partial charge in [-0.3, -0.25) is 0 Å². The molecule has 2 aromatic rings. The van der Waals surface area contributed by atoms with Crippen LogP contribution in [0.5, 0.6) is 0 Å². The van der Waals surface area contributed by atoms with Crippen molar-refractivity contribution in [1.82, 2.24) is 0 Å². The van der Waals surface area contributed by atoms with Crippen molar-refractivity contribution in [2.45, 2.75) is 27.3 Å². The van der Waals surface area contributed by atoms with Gasteiger partial charge >= 0.3 is 0 Å². The van der Waals surface area contributed by atoms with Gasteiger partial charge in [-0.2, -0.15) is 0 Å². The van der Waals surface area contributed by atoms with Crippen molar-refractivity contribution < 1.29 is 0 Å². The van der Waals surface area contributed by atoms with Crippen LogP contribution in [0.25, 0.3) is 0 Å². The smallest absolute Gasteiger partial charge is 0.0412 e. The number of hydrogen-bond acceptors (Lipinski definition) is 1. The van der Waals surface area contributed by atoms with Crippen LogP contribution in [-0.2, 0) is 6.54 Å². The predicted octanol–water partition coefficient (Wildman–Crippen LogP) is 5.29. The van der Waals surface area contributed by atoms with Crippen molar-refractivity contribution in [3.63, 3.8) is 0 Å². The van der Waals surface area contributed by atoms with Gasteiger partial charge < -0.3 is 5.32 Å². The molecule has 0 bridgehead atoms. The Hall–Kier alpha value is -1.47. The number of nitrogens with one attached hydrogen (secondary N) is 1. The first-order valence-corrected chi connectivity index (χ1v) is 6.67. The molecule has 0 spiro atoms. The summed E-state index contributed by atoms with van der Waals surface area (Å²) in [6.07, 6.45) is 0. The normalized spacial score (nSPS) is 9.33. The Morgan fingerprint density at radius 2 is 1.67 bits per heavy atom. The molecule has 0 saturated carbocycles. The molecule has 0 saturated heterocycles. The van der Waals surface area contributed by atoms with Crippen molar-refractivity contribution in [1.29, 1.82) is 0 Å². The SMILES string of the molecule is CC.Cc1cc(Cl)cc(CNc2ccccc2)c1. The van der Waals surface area contributed by atoms with Gasteiger partial charge in [0.2, 0.25) is 0 Å². The molecule has 0 radical (unpaired) electrons. The maximum Gasteiger partial charge on any atom is 0.0412 e. The molecule has 18 heavy (non-hydrogen) atoms. The van der Waals surface area contributed by atoms with Gasteiger partial charge in [-0.25, -0.2) is 0 Å². The molecule has 0 unspecified atom stereocenters. The van der Waals surface area contributed by atoms with Crippen LogP contribution in [0.4, 0.5) is 5.69 Å². The van der Waals surface area contributed by atoms with Crippen LogP contribution < -0.4 is 5.32 Å². The van der Waals surface area contributed by atoms with Gasteiger partial charge in [0.1, 0.15) is 0 Å². The Labute approximate surface area is 115 Å². The van der Waals surface area contributed by atoms with Crippen LogP contribution in [0.15, 0.2) is 48.5 Å². The Balaban J connectivity index is 0.000000771. The molecule has 0 heterocycles. The number of benzene rings is 2. The molecule has 0 fully saturated rings. The number of anilines is 1. The van der Waals surface area contributed by atoms with E-state index in [1.807, 2.05) is 44.2 Å². The van der Waals surface area contributed by atoms with E-state index < -0.39 is 0 Å². The summed E-state index contributed by atoms with van der Waals surface area (Å²) in [5.74, 6) is 0. The Morgan fingerprint density at radius 3 is 2.28 bits per heavy atom. The van der Waals surface area contributed by atoms with Gasteiger partial charge in [0.25, 0.3) is 0 Å². The summed E-state index contributed by atoms with van der Waals surface area (Å²) in [7, 11) is 0. The number of para-hydroxylation sites is 1. The minimum absolute atomic E-state index is 0.796. The lowest BCUT2D eigenvalue weighted by atomic mass is 10.1. The number of hydrogen-bond donors (Lipinski definition) is 1. The molecule has 2 heteroatoms. The second kappa shape index (κ2) is 7.78. The van der Waals surface area contributed by atoms with Crippen LogP contribution in [-0.4, -0.2) is 0 Å². The van der Waals surface area contributed by atoms with Gasteiger partial charge in [0.15, 0.2) is 0 Å². The minimum atomic E-state index is 0.796. The van der Waals surface area contributed by atoms with E-state index in [0.29, 0.717) is 0 Å². The van der Waals surface area contributed by atoms with E-state index in [0.717, 1.165) is 17.3 Å². The van der Waals surface area contributed by atoms with E-state index in [1.54, 1.807) is 0 Å². The van der Waals surface area contributed by atoms with Crippen molar-refractivity contribution in [2.24, 2.45) is 0 Å².